The van der Waals surface area contributed by atoms with Crippen molar-refractivity contribution >= 4 is 23.5 Å². The molecule has 5 saturated carbocycles. The summed E-state index contributed by atoms with van der Waals surface area (Å²) in [5.41, 5.74) is 4.14. The summed E-state index contributed by atoms with van der Waals surface area (Å²) < 4.78 is 0. The Kier molecular flexibility index (Phi) is 9.56. The van der Waals surface area contributed by atoms with E-state index in [0.29, 0.717) is 35.2 Å². The summed E-state index contributed by atoms with van der Waals surface area (Å²) in [6.07, 6.45) is 16.8. The Morgan fingerprint density at radius 1 is 0.821 bits per heavy atom. The molecule has 0 radical (unpaired) electrons. The van der Waals surface area contributed by atoms with Crippen molar-refractivity contribution < 1.29 is 19.5 Å². The molecule has 2 unspecified atom stereocenters. The quantitative estimate of drug-likeness (QED) is 0.251. The van der Waals surface area contributed by atoms with Crippen molar-refractivity contribution in [2.75, 3.05) is 13.1 Å². The van der Waals surface area contributed by atoms with Gasteiger partial charge in [-0.15, -0.1) is 0 Å². The number of carboxylic acids is 1. The molecule has 7 heteroatoms. The second-order valence-corrected chi connectivity index (χ2v) is 21.9. The molecule has 1 aromatic carbocycles. The second kappa shape index (κ2) is 13.5. The monoisotopic (exact) mass is 766 g/mol. The van der Waals surface area contributed by atoms with E-state index in [4.69, 9.17) is 0 Å². The molecule has 0 bridgehead atoms. The van der Waals surface area contributed by atoms with Gasteiger partial charge in [-0.25, -0.2) is 9.59 Å². The second-order valence-electron chi connectivity index (χ2n) is 21.9. The van der Waals surface area contributed by atoms with Gasteiger partial charge in [0.25, 0.3) is 0 Å². The van der Waals surface area contributed by atoms with Crippen molar-refractivity contribution in [3.63, 3.8) is 0 Å². The van der Waals surface area contributed by atoms with E-state index in [0.717, 1.165) is 70.0 Å². The molecular weight excluding hydrogens is 695 g/mol. The van der Waals surface area contributed by atoms with Crippen LogP contribution in [0.5, 0.6) is 0 Å². The zero-order chi connectivity index (χ0) is 40.2. The molecule has 1 aliphatic heterocycles. The molecule has 6 aliphatic carbocycles. The molecule has 3 amide bonds. The number of hydrogen-bond donors (Lipinski definition) is 3. The van der Waals surface area contributed by atoms with E-state index in [1.807, 2.05) is 12.1 Å². The van der Waals surface area contributed by atoms with Gasteiger partial charge in [-0.3, -0.25) is 4.79 Å². The van der Waals surface area contributed by atoms with Gasteiger partial charge in [0.15, 0.2) is 0 Å². The van der Waals surface area contributed by atoms with E-state index in [1.54, 1.807) is 12.1 Å². The first kappa shape index (κ1) is 39.7. The molecular formula is C49H71N3O4. The number of carbonyl (C=O) groups is 3. The molecule has 6 fully saturated rings. The minimum Gasteiger partial charge on any atom is -0.478 e. The molecule has 3 N–H and O–H groups in total. The number of carboxylic acid groups (broad SMARTS) is 1. The topological polar surface area (TPSA) is 98.7 Å². The Morgan fingerprint density at radius 3 is 2.16 bits per heavy atom. The van der Waals surface area contributed by atoms with Crippen molar-refractivity contribution in [1.29, 1.82) is 0 Å². The number of aromatic carboxylic acids is 1. The molecule has 1 saturated heterocycles. The predicted octanol–water partition coefficient (Wildman–Crippen LogP) is 10.5. The Morgan fingerprint density at radius 2 is 1.52 bits per heavy atom. The van der Waals surface area contributed by atoms with E-state index >= 15 is 0 Å². The molecule has 306 valence electrons. The summed E-state index contributed by atoms with van der Waals surface area (Å²) in [5.74, 6) is 1.83. The van der Waals surface area contributed by atoms with Crippen LogP contribution < -0.4 is 10.6 Å². The van der Waals surface area contributed by atoms with Gasteiger partial charge in [0.2, 0.25) is 5.91 Å². The van der Waals surface area contributed by atoms with Crippen LogP contribution in [0.4, 0.5) is 4.79 Å². The van der Waals surface area contributed by atoms with Gasteiger partial charge in [-0.2, -0.15) is 0 Å². The van der Waals surface area contributed by atoms with E-state index in [9.17, 15) is 19.5 Å². The van der Waals surface area contributed by atoms with E-state index in [-0.39, 0.29) is 56.5 Å². The summed E-state index contributed by atoms with van der Waals surface area (Å²) in [6.45, 7) is 25.7. The predicted molar refractivity (Wildman–Crippen MR) is 224 cm³/mol. The van der Waals surface area contributed by atoms with Gasteiger partial charge in [-0.1, -0.05) is 78.8 Å². The number of urea groups is 1. The molecule has 0 spiro atoms. The van der Waals surface area contributed by atoms with Gasteiger partial charge in [-0.05, 0) is 170 Å². The number of benzene rings is 1. The average Bonchev–Trinajstić information content (AvgIpc) is 3.53. The largest absolute Gasteiger partial charge is 0.478 e. The zero-order valence-electron chi connectivity index (χ0n) is 35.9. The molecule has 1 aromatic rings. The molecule has 7 aliphatic rings. The van der Waals surface area contributed by atoms with E-state index < -0.39 is 5.97 Å². The number of hydrogen-bond acceptors (Lipinski definition) is 3. The van der Waals surface area contributed by atoms with Crippen molar-refractivity contribution in [1.82, 2.24) is 15.5 Å². The van der Waals surface area contributed by atoms with Crippen LogP contribution in [0, 0.1) is 62.6 Å². The van der Waals surface area contributed by atoms with Gasteiger partial charge >= 0.3 is 12.0 Å². The number of nitrogens with zero attached hydrogens (tertiary/aromatic N) is 1. The first-order valence-corrected chi connectivity index (χ1v) is 22.4. The van der Waals surface area contributed by atoms with Crippen LogP contribution in [-0.4, -0.2) is 52.6 Å². The lowest BCUT2D eigenvalue weighted by atomic mass is 9.33. The highest BCUT2D eigenvalue weighted by atomic mass is 16.4. The van der Waals surface area contributed by atoms with Gasteiger partial charge in [0.05, 0.1) is 5.56 Å². The number of amides is 3. The van der Waals surface area contributed by atoms with Crippen LogP contribution in [0.15, 0.2) is 42.5 Å². The van der Waals surface area contributed by atoms with Crippen molar-refractivity contribution in [3.8, 4) is 0 Å². The highest BCUT2D eigenvalue weighted by molar-refractivity contribution is 5.88. The Bertz CT molecular complexity index is 1810. The maximum absolute atomic E-state index is 14.2. The smallest absolute Gasteiger partial charge is 0.335 e. The van der Waals surface area contributed by atoms with Crippen molar-refractivity contribution in [2.45, 2.75) is 150 Å². The Balaban J connectivity index is 1.02. The maximum atomic E-state index is 14.2. The first-order chi connectivity index (χ1) is 26.3. The van der Waals surface area contributed by atoms with Crippen LogP contribution in [-0.2, 0) is 4.79 Å². The lowest BCUT2D eigenvalue weighted by Gasteiger charge is -2.72. The lowest BCUT2D eigenvalue weighted by molar-refractivity contribution is -0.218. The SMILES string of the molecule is C=C(C)[C@@H]1CC[C@]2(NC(=O)N[C@@H]3C[C@H](C(=O)N4CCCCC4)C3(C)C)CC[C@]3(C)[C@H](CCC4[C@@]5(C)CC=C(c6ccc(C(=O)O)cc6)C(C)(C)[C@@H]5CC[C@]43C)C12. The fourth-order valence-electron chi connectivity index (χ4n) is 15.6. The van der Waals surface area contributed by atoms with Crippen molar-refractivity contribution in [3.05, 3.63) is 53.6 Å². The number of fused-ring (bicyclic) bond motifs is 7. The molecule has 1 heterocycles. The van der Waals surface area contributed by atoms with E-state index in [1.165, 1.54) is 43.3 Å². The van der Waals surface area contributed by atoms with Crippen molar-refractivity contribution in [2.24, 2.45) is 62.6 Å². The summed E-state index contributed by atoms with van der Waals surface area (Å²) in [4.78, 5) is 41.4. The number of nitrogens with one attached hydrogen (secondary N) is 2. The highest BCUT2D eigenvalue weighted by Gasteiger charge is 2.71. The normalized spacial score (nSPS) is 42.0. The highest BCUT2D eigenvalue weighted by Crippen LogP contribution is 2.76. The minimum atomic E-state index is -0.879. The minimum absolute atomic E-state index is 0.00743. The summed E-state index contributed by atoms with van der Waals surface area (Å²) in [5, 5.41) is 16.7. The number of piperidine rings is 1. The zero-order valence-corrected chi connectivity index (χ0v) is 35.9. The summed E-state index contributed by atoms with van der Waals surface area (Å²) in [7, 11) is 0. The van der Waals surface area contributed by atoms with Crippen LogP contribution in [0.2, 0.25) is 0 Å². The lowest BCUT2D eigenvalue weighted by Crippen LogP contribution is -2.70. The fraction of sp³-hybridized carbons (Fsp3) is 0.735. The Labute approximate surface area is 337 Å². The summed E-state index contributed by atoms with van der Waals surface area (Å²) >= 11 is 0. The molecule has 8 rings (SSSR count). The van der Waals surface area contributed by atoms with Crippen LogP contribution in [0.3, 0.4) is 0 Å². The molecule has 0 aromatic heterocycles. The van der Waals surface area contributed by atoms with E-state index in [2.05, 4.69) is 83.6 Å². The number of carbonyl (C=O) groups excluding carboxylic acids is 2. The van der Waals surface area contributed by atoms with Crippen LogP contribution >= 0.6 is 0 Å². The first-order valence-electron chi connectivity index (χ1n) is 22.4. The number of likely N-dealkylation sites (tertiary alicyclic amines) is 1. The third-order valence-corrected chi connectivity index (χ3v) is 19.0. The van der Waals surface area contributed by atoms with Crippen LogP contribution in [0.1, 0.15) is 155 Å². The fourth-order valence-corrected chi connectivity index (χ4v) is 15.6. The standard InChI is InChI=1S/C49H71N3O4/c1-30(2)33-19-24-49(51-43(56)50-39-29-36(45(39,5)6)41(53)52-27-11-10-12-28-52)26-25-47(8)35(40(33)49)17-18-38-46(7)22-20-34(31-13-15-32(16-14-31)42(54)55)44(3,4)37(46)21-23-48(38,47)9/h13-16,20,33,35-40H,1,10-12,17-19,21-29H2,2-9H3,(H,54,55)(H2,50,51,56)/t33-,35+,36+,37-,38?,39+,40?,46-,47+,48+,49-/m0/s1. The number of allylic oxidation sites excluding steroid dienone is 3. The average molecular weight is 766 g/mol. The third-order valence-electron chi connectivity index (χ3n) is 19.0. The maximum Gasteiger partial charge on any atom is 0.335 e. The van der Waals surface area contributed by atoms with Gasteiger partial charge in [0, 0.05) is 30.6 Å². The molecule has 11 atom stereocenters. The van der Waals surface area contributed by atoms with Gasteiger partial charge < -0.3 is 20.6 Å². The van der Waals surface area contributed by atoms with Crippen LogP contribution in [0.25, 0.3) is 5.57 Å². The third kappa shape index (κ3) is 5.72. The van der Waals surface area contributed by atoms with Gasteiger partial charge in [0.1, 0.15) is 0 Å². The number of rotatable bonds is 6. The molecule has 7 nitrogen and oxygen atoms in total. The molecule has 56 heavy (non-hydrogen) atoms. The summed E-state index contributed by atoms with van der Waals surface area (Å²) in [6, 6.07) is 7.50. The Hall–Kier alpha value is -3.09.